The first-order chi connectivity index (χ1) is 11.5. The van der Waals surface area contributed by atoms with Gasteiger partial charge < -0.3 is 5.32 Å². The summed E-state index contributed by atoms with van der Waals surface area (Å²) in [5, 5.41) is 5.60. The van der Waals surface area contributed by atoms with Crippen LogP contribution >= 0.6 is 0 Å². The molecule has 0 aliphatic carbocycles. The van der Waals surface area contributed by atoms with E-state index in [0.29, 0.717) is 29.9 Å². The second-order valence-corrected chi connectivity index (χ2v) is 9.73. The summed E-state index contributed by atoms with van der Waals surface area (Å²) in [5.74, 6) is -0.513. The lowest BCUT2D eigenvalue weighted by atomic mass is 10.0. The van der Waals surface area contributed by atoms with E-state index in [9.17, 15) is 18.1 Å². The van der Waals surface area contributed by atoms with Gasteiger partial charge in [-0.25, -0.2) is 12.7 Å². The number of carbonyl (C=O) groups excluding carboxylic acids is 1. The van der Waals surface area contributed by atoms with Gasteiger partial charge in [0.25, 0.3) is 5.91 Å². The highest BCUT2D eigenvalue weighted by Crippen LogP contribution is 2.45. The maximum Gasteiger partial charge on any atom is 0.257 e. The highest BCUT2D eigenvalue weighted by atomic mass is 32.2. The fourth-order valence-electron chi connectivity index (χ4n) is 3.26. The molecular weight excluding hydrogens is 344 g/mol. The van der Waals surface area contributed by atoms with Crippen LogP contribution in [0, 0.1) is 4.91 Å². The van der Waals surface area contributed by atoms with Gasteiger partial charge in [-0.05, 0) is 38.0 Å². The fraction of sp³-hybridized carbons (Fsp3) is 0.562. The average Bonchev–Trinajstić information content (AvgIpc) is 3.05. The molecule has 0 spiro atoms. The van der Waals surface area contributed by atoms with Gasteiger partial charge in [0.1, 0.15) is 0 Å². The fourth-order valence-corrected chi connectivity index (χ4v) is 4.43. The van der Waals surface area contributed by atoms with Gasteiger partial charge in [0, 0.05) is 38.3 Å². The molecule has 2 aliphatic rings. The quantitative estimate of drug-likeness (QED) is 0.823. The number of nitroso groups, excluding NO2 is 1. The van der Waals surface area contributed by atoms with Crippen LogP contribution in [0.2, 0.25) is 0 Å². The normalized spacial score (nSPS) is 20.6. The van der Waals surface area contributed by atoms with Crippen LogP contribution < -0.4 is 5.32 Å². The van der Waals surface area contributed by atoms with E-state index in [1.54, 1.807) is 0 Å². The molecule has 2 heterocycles. The molecule has 2 aliphatic heterocycles. The van der Waals surface area contributed by atoms with Crippen LogP contribution in [0.25, 0.3) is 0 Å². The third kappa shape index (κ3) is 2.66. The van der Waals surface area contributed by atoms with Gasteiger partial charge >= 0.3 is 0 Å². The summed E-state index contributed by atoms with van der Waals surface area (Å²) >= 11 is 0. The summed E-state index contributed by atoms with van der Waals surface area (Å²) in [6.45, 7) is 7.11. The maximum atomic E-state index is 12.8. The zero-order chi connectivity index (χ0) is 18.7. The summed E-state index contributed by atoms with van der Waals surface area (Å²) in [6, 6.07) is 0.222. The number of rotatable bonds is 3. The number of carbonyl (C=O) groups is 1. The summed E-state index contributed by atoms with van der Waals surface area (Å²) in [5.41, 5.74) is 2.14. The first kappa shape index (κ1) is 18.0. The summed E-state index contributed by atoms with van der Waals surface area (Å²) in [7, 11) is -0.793. The van der Waals surface area contributed by atoms with Crippen molar-refractivity contribution in [1.29, 1.82) is 0 Å². The number of benzene rings is 1. The summed E-state index contributed by atoms with van der Waals surface area (Å²) < 4.78 is 26.8. The Labute approximate surface area is 147 Å². The van der Waals surface area contributed by atoms with Crippen LogP contribution in [0.1, 0.15) is 43.5 Å². The van der Waals surface area contributed by atoms with E-state index in [2.05, 4.69) is 15.4 Å². The predicted octanol–water partition coefficient (Wildman–Crippen LogP) is 1.81. The van der Waals surface area contributed by atoms with Gasteiger partial charge in [-0.3, -0.25) is 9.69 Å². The Hall–Kier alpha value is -1.84. The minimum absolute atomic E-state index is 0.142. The smallest absolute Gasteiger partial charge is 0.257 e. The highest BCUT2D eigenvalue weighted by Gasteiger charge is 2.41. The van der Waals surface area contributed by atoms with Gasteiger partial charge in [-0.1, -0.05) is 5.18 Å². The van der Waals surface area contributed by atoms with E-state index in [1.165, 1.54) is 20.2 Å². The molecule has 0 radical (unpaired) electrons. The molecule has 136 valence electrons. The lowest BCUT2D eigenvalue weighted by molar-refractivity contribution is -0.116. The van der Waals surface area contributed by atoms with Crippen LogP contribution in [-0.4, -0.2) is 43.2 Å². The number of hydrogen-bond acceptors (Lipinski definition) is 6. The van der Waals surface area contributed by atoms with Gasteiger partial charge in [-0.15, -0.1) is 4.91 Å². The van der Waals surface area contributed by atoms with E-state index in [-0.39, 0.29) is 10.4 Å². The van der Waals surface area contributed by atoms with Gasteiger partial charge in [-0.2, -0.15) is 0 Å². The Balaban J connectivity index is 2.27. The molecule has 0 fully saturated rings. The molecule has 9 heteroatoms. The van der Waals surface area contributed by atoms with Crippen LogP contribution in [-0.2, 0) is 27.9 Å². The van der Waals surface area contributed by atoms with Gasteiger partial charge in [0.2, 0.25) is 10.0 Å². The number of nitrogens with zero attached hydrogens (tertiary/aromatic N) is 3. The topological polar surface area (TPSA) is 99.2 Å². The molecule has 1 atom stereocenters. The minimum Gasteiger partial charge on any atom is -0.323 e. The first-order valence-electron chi connectivity index (χ1n) is 7.98. The molecule has 0 aromatic heterocycles. The second-order valence-electron chi connectivity index (χ2n) is 7.61. The molecule has 3 rings (SSSR count). The van der Waals surface area contributed by atoms with Crippen molar-refractivity contribution in [2.24, 2.45) is 5.18 Å². The van der Waals surface area contributed by atoms with Crippen molar-refractivity contribution in [3.63, 3.8) is 0 Å². The standard InChI is InChI=1S/C16H22N4O4S/c1-16(2,3)20-7-10-11(8-20)13-9(14(18-22)15(21)17-13)6-12(10)25(23,24)19(4)5/h6,14H,7-8H2,1-5H3,(H,17,21). The average molecular weight is 366 g/mol. The molecule has 1 unspecified atom stereocenters. The van der Waals surface area contributed by atoms with Crippen molar-refractivity contribution in [1.82, 2.24) is 9.21 Å². The molecule has 0 saturated carbocycles. The van der Waals surface area contributed by atoms with Crippen molar-refractivity contribution in [2.75, 3.05) is 19.4 Å². The Morgan fingerprint density at radius 3 is 2.36 bits per heavy atom. The highest BCUT2D eigenvalue weighted by molar-refractivity contribution is 7.89. The molecule has 0 bridgehead atoms. The molecule has 1 amide bonds. The molecule has 1 aromatic rings. The van der Waals surface area contributed by atoms with Crippen LogP contribution in [0.3, 0.4) is 0 Å². The first-order valence-corrected chi connectivity index (χ1v) is 9.42. The predicted molar refractivity (Wildman–Crippen MR) is 93.5 cm³/mol. The monoisotopic (exact) mass is 366 g/mol. The Bertz CT molecular complexity index is 871. The lowest BCUT2D eigenvalue weighted by Gasteiger charge is -2.31. The molecule has 1 aromatic carbocycles. The van der Waals surface area contributed by atoms with Gasteiger partial charge in [0.15, 0.2) is 6.04 Å². The van der Waals surface area contributed by atoms with Crippen molar-refractivity contribution >= 4 is 21.6 Å². The third-order valence-corrected chi connectivity index (χ3v) is 6.72. The van der Waals surface area contributed by atoms with Crippen LogP contribution in [0.15, 0.2) is 16.1 Å². The lowest BCUT2D eigenvalue weighted by Crippen LogP contribution is -2.37. The molecule has 25 heavy (non-hydrogen) atoms. The van der Waals surface area contributed by atoms with Crippen molar-refractivity contribution in [3.8, 4) is 0 Å². The Morgan fingerprint density at radius 1 is 1.24 bits per heavy atom. The van der Waals surface area contributed by atoms with E-state index in [0.717, 1.165) is 9.87 Å². The maximum absolute atomic E-state index is 12.8. The van der Waals surface area contributed by atoms with Crippen LogP contribution in [0.5, 0.6) is 0 Å². The second kappa shape index (κ2) is 5.58. The number of amides is 1. The van der Waals surface area contributed by atoms with Crippen molar-refractivity contribution < 1.29 is 13.2 Å². The number of sulfonamides is 1. The van der Waals surface area contributed by atoms with Crippen LogP contribution in [0.4, 0.5) is 5.69 Å². The van der Waals surface area contributed by atoms with E-state index in [1.807, 2.05) is 20.8 Å². The van der Waals surface area contributed by atoms with Crippen molar-refractivity contribution in [2.45, 2.75) is 50.3 Å². The van der Waals surface area contributed by atoms with Gasteiger partial charge in [0.05, 0.1) is 10.6 Å². The third-order valence-electron chi connectivity index (χ3n) is 4.84. The SMILES string of the molecule is CN(C)S(=O)(=O)c1cc2c(c3c1CN(C(C)(C)C)C3)NC(=O)C2N=O. The number of hydrogen-bond donors (Lipinski definition) is 1. The summed E-state index contributed by atoms with van der Waals surface area (Å²) in [4.78, 5) is 25.5. The van der Waals surface area contributed by atoms with E-state index >= 15 is 0 Å². The number of fused-ring (bicyclic) bond motifs is 3. The minimum atomic E-state index is -3.72. The Morgan fingerprint density at radius 2 is 1.84 bits per heavy atom. The van der Waals surface area contributed by atoms with E-state index < -0.39 is 22.0 Å². The molecular formula is C16H22N4O4S. The summed E-state index contributed by atoms with van der Waals surface area (Å²) in [6.07, 6.45) is 0. The van der Waals surface area contributed by atoms with E-state index in [4.69, 9.17) is 0 Å². The number of anilines is 1. The molecule has 8 nitrogen and oxygen atoms in total. The zero-order valence-corrected chi connectivity index (χ0v) is 15.8. The molecule has 1 N–H and O–H groups in total. The van der Waals surface area contributed by atoms with Crippen molar-refractivity contribution in [3.05, 3.63) is 27.7 Å². The molecule has 0 saturated heterocycles. The Kier molecular flexibility index (Phi) is 4.01. The largest absolute Gasteiger partial charge is 0.323 e. The zero-order valence-electron chi connectivity index (χ0n) is 15.0. The number of nitrogens with one attached hydrogen (secondary N) is 1.